The van der Waals surface area contributed by atoms with E-state index in [4.69, 9.17) is 0 Å². The maximum atomic E-state index is 14.3. The molecule has 0 aliphatic heterocycles. The van der Waals surface area contributed by atoms with Crippen molar-refractivity contribution in [3.63, 3.8) is 0 Å². The van der Waals surface area contributed by atoms with E-state index < -0.39 is 16.8 Å². The Morgan fingerprint density at radius 3 is 1.95 bits per heavy atom. The van der Waals surface area contributed by atoms with Gasteiger partial charge in [-0.15, -0.1) is 11.3 Å². The molecule has 21 heavy (non-hydrogen) atoms. The highest BCUT2D eigenvalue weighted by molar-refractivity contribution is 7.13. The second-order valence-corrected chi connectivity index (χ2v) is 5.79. The third-order valence-electron chi connectivity index (χ3n) is 3.28. The summed E-state index contributed by atoms with van der Waals surface area (Å²) in [5.41, 5.74) is 1.94. The Bertz CT molecular complexity index is 788. The van der Waals surface area contributed by atoms with Crippen molar-refractivity contribution in [2.75, 3.05) is 0 Å². The van der Waals surface area contributed by atoms with Crippen molar-refractivity contribution >= 4 is 11.3 Å². The maximum Gasteiger partial charge on any atom is 0.176 e. The van der Waals surface area contributed by atoms with Crippen molar-refractivity contribution in [3.8, 4) is 21.6 Å². The van der Waals surface area contributed by atoms with Crippen LogP contribution in [-0.2, 0) is 0 Å². The van der Waals surface area contributed by atoms with E-state index in [1.807, 2.05) is 19.1 Å². The fraction of sp³-hybridized carbons (Fsp3) is 0.0588. The Labute approximate surface area is 124 Å². The van der Waals surface area contributed by atoms with Gasteiger partial charge in [0.2, 0.25) is 0 Å². The van der Waals surface area contributed by atoms with Crippen molar-refractivity contribution in [2.24, 2.45) is 0 Å². The van der Waals surface area contributed by atoms with Crippen molar-refractivity contribution < 1.29 is 13.2 Å². The monoisotopic (exact) mass is 304 g/mol. The predicted molar refractivity (Wildman–Crippen MR) is 79.8 cm³/mol. The molecule has 1 aromatic heterocycles. The first kappa shape index (κ1) is 13.9. The minimum Gasteiger partial charge on any atom is -0.203 e. The summed E-state index contributed by atoms with van der Waals surface area (Å²) in [4.78, 5) is 0.374. The fourth-order valence-electron chi connectivity index (χ4n) is 2.15. The van der Waals surface area contributed by atoms with Crippen LogP contribution in [0.4, 0.5) is 13.2 Å². The van der Waals surface area contributed by atoms with Gasteiger partial charge in [0, 0.05) is 16.0 Å². The normalized spacial score (nSPS) is 10.9. The number of hydrogen-bond donors (Lipinski definition) is 0. The molecule has 1 heterocycles. The standard InChI is InChI=1S/C17H11F3S/c1-10-2-4-11(5-3-10)12-6-7-13(17(20)16(12)19)14-8-9-15(18)21-14/h2-9H,1H3. The maximum absolute atomic E-state index is 14.3. The lowest BCUT2D eigenvalue weighted by atomic mass is 10.0. The first-order valence-electron chi connectivity index (χ1n) is 6.37. The van der Waals surface area contributed by atoms with Crippen molar-refractivity contribution in [2.45, 2.75) is 6.92 Å². The van der Waals surface area contributed by atoms with Crippen molar-refractivity contribution in [1.82, 2.24) is 0 Å². The summed E-state index contributed by atoms with van der Waals surface area (Å²) in [6.45, 7) is 1.93. The van der Waals surface area contributed by atoms with Gasteiger partial charge in [0.15, 0.2) is 16.8 Å². The van der Waals surface area contributed by atoms with E-state index in [-0.39, 0.29) is 11.1 Å². The van der Waals surface area contributed by atoms with Crippen molar-refractivity contribution in [3.05, 3.63) is 70.9 Å². The molecule has 0 saturated heterocycles. The molecule has 0 unspecified atom stereocenters. The van der Waals surface area contributed by atoms with E-state index in [0.717, 1.165) is 16.9 Å². The number of benzene rings is 2. The molecule has 2 aromatic carbocycles. The summed E-state index contributed by atoms with van der Waals surface area (Å²) in [5.74, 6) is -1.86. The molecule has 0 saturated carbocycles. The molecule has 106 valence electrons. The number of rotatable bonds is 2. The summed E-state index contributed by atoms with van der Waals surface area (Å²) >= 11 is 0.794. The van der Waals surface area contributed by atoms with Gasteiger partial charge in [-0.1, -0.05) is 35.9 Å². The summed E-state index contributed by atoms with van der Waals surface area (Å²) in [6, 6.07) is 12.9. The van der Waals surface area contributed by atoms with Gasteiger partial charge in [-0.3, -0.25) is 0 Å². The van der Waals surface area contributed by atoms with Gasteiger partial charge in [-0.05, 0) is 30.7 Å². The lowest BCUT2D eigenvalue weighted by Gasteiger charge is -2.08. The van der Waals surface area contributed by atoms with Gasteiger partial charge >= 0.3 is 0 Å². The number of thiophene rings is 1. The molecular weight excluding hydrogens is 293 g/mol. The lowest BCUT2D eigenvalue weighted by Crippen LogP contribution is -1.93. The zero-order chi connectivity index (χ0) is 15.0. The molecular formula is C17H11F3S. The van der Waals surface area contributed by atoms with Crippen LogP contribution in [0.1, 0.15) is 5.56 Å². The molecule has 0 fully saturated rings. The summed E-state index contributed by atoms with van der Waals surface area (Å²) < 4.78 is 41.5. The van der Waals surface area contributed by atoms with Gasteiger partial charge in [0.1, 0.15) is 0 Å². The quantitative estimate of drug-likeness (QED) is 0.560. The van der Waals surface area contributed by atoms with E-state index in [0.29, 0.717) is 10.4 Å². The first-order valence-corrected chi connectivity index (χ1v) is 7.18. The van der Waals surface area contributed by atoms with Crippen LogP contribution in [0, 0.1) is 23.7 Å². The van der Waals surface area contributed by atoms with Crippen LogP contribution in [0.2, 0.25) is 0 Å². The van der Waals surface area contributed by atoms with Crippen LogP contribution in [0.25, 0.3) is 21.6 Å². The Morgan fingerprint density at radius 2 is 1.33 bits per heavy atom. The largest absolute Gasteiger partial charge is 0.203 e. The topological polar surface area (TPSA) is 0 Å². The molecule has 0 amide bonds. The van der Waals surface area contributed by atoms with Crippen LogP contribution >= 0.6 is 11.3 Å². The van der Waals surface area contributed by atoms with Crippen LogP contribution in [0.5, 0.6) is 0 Å². The fourth-order valence-corrected chi connectivity index (χ4v) is 2.90. The Balaban J connectivity index is 2.10. The molecule has 0 atom stereocenters. The second kappa shape index (κ2) is 5.37. The van der Waals surface area contributed by atoms with Crippen LogP contribution in [0.3, 0.4) is 0 Å². The van der Waals surface area contributed by atoms with E-state index in [2.05, 4.69) is 0 Å². The molecule has 0 spiro atoms. The zero-order valence-electron chi connectivity index (χ0n) is 11.2. The molecule has 3 aromatic rings. The van der Waals surface area contributed by atoms with Crippen LogP contribution in [0.15, 0.2) is 48.5 Å². The Kier molecular flexibility index (Phi) is 3.55. The minimum absolute atomic E-state index is 0.0808. The van der Waals surface area contributed by atoms with Crippen LogP contribution in [-0.4, -0.2) is 0 Å². The molecule has 0 bridgehead atoms. The van der Waals surface area contributed by atoms with E-state index in [1.165, 1.54) is 24.3 Å². The lowest BCUT2D eigenvalue weighted by molar-refractivity contribution is 0.514. The molecule has 0 radical (unpaired) electrons. The molecule has 0 nitrogen and oxygen atoms in total. The van der Waals surface area contributed by atoms with Gasteiger partial charge in [-0.2, -0.15) is 4.39 Å². The summed E-state index contributed by atoms with van der Waals surface area (Å²) in [5, 5.41) is -0.424. The predicted octanol–water partition coefficient (Wildman–Crippen LogP) is 5.81. The Morgan fingerprint density at radius 1 is 0.714 bits per heavy atom. The molecule has 3 rings (SSSR count). The van der Waals surface area contributed by atoms with Crippen molar-refractivity contribution in [1.29, 1.82) is 0 Å². The van der Waals surface area contributed by atoms with Gasteiger partial charge in [0.05, 0.1) is 0 Å². The van der Waals surface area contributed by atoms with E-state index >= 15 is 0 Å². The average Bonchev–Trinajstić information content (AvgIpc) is 2.89. The van der Waals surface area contributed by atoms with Crippen LogP contribution < -0.4 is 0 Å². The SMILES string of the molecule is Cc1ccc(-c2ccc(-c3ccc(F)s3)c(F)c2F)cc1. The minimum atomic E-state index is -0.949. The molecule has 0 aliphatic rings. The zero-order valence-corrected chi connectivity index (χ0v) is 12.0. The molecule has 0 N–H and O–H groups in total. The second-order valence-electron chi connectivity index (χ2n) is 4.76. The van der Waals surface area contributed by atoms with Gasteiger partial charge in [0.25, 0.3) is 0 Å². The summed E-state index contributed by atoms with van der Waals surface area (Å²) in [7, 11) is 0. The van der Waals surface area contributed by atoms with E-state index in [1.54, 1.807) is 12.1 Å². The highest BCUT2D eigenvalue weighted by atomic mass is 32.1. The number of aryl methyl sites for hydroxylation is 1. The summed E-state index contributed by atoms with van der Waals surface area (Å²) in [6.07, 6.45) is 0. The van der Waals surface area contributed by atoms with E-state index in [9.17, 15) is 13.2 Å². The van der Waals surface area contributed by atoms with Gasteiger partial charge < -0.3 is 0 Å². The highest BCUT2D eigenvalue weighted by Crippen LogP contribution is 2.34. The highest BCUT2D eigenvalue weighted by Gasteiger charge is 2.17. The number of hydrogen-bond acceptors (Lipinski definition) is 1. The smallest absolute Gasteiger partial charge is 0.176 e. The average molecular weight is 304 g/mol. The number of halogens is 3. The van der Waals surface area contributed by atoms with Gasteiger partial charge in [-0.25, -0.2) is 8.78 Å². The first-order chi connectivity index (χ1) is 10.1. The molecule has 0 aliphatic carbocycles. The molecule has 4 heteroatoms. The third kappa shape index (κ3) is 2.59. The third-order valence-corrected chi connectivity index (χ3v) is 4.19. The Hall–Kier alpha value is -2.07.